The van der Waals surface area contributed by atoms with Crippen molar-refractivity contribution in [3.05, 3.63) is 62.5 Å². The quantitative estimate of drug-likeness (QED) is 0.558. The molecule has 33 heavy (non-hydrogen) atoms. The summed E-state index contributed by atoms with van der Waals surface area (Å²) in [5.74, 6) is -0.246. The summed E-state index contributed by atoms with van der Waals surface area (Å²) in [5.41, 5.74) is -2.04. The molecule has 0 saturated carbocycles. The lowest BCUT2D eigenvalue weighted by Gasteiger charge is -2.33. The third kappa shape index (κ3) is 6.96. The van der Waals surface area contributed by atoms with Gasteiger partial charge in [0.1, 0.15) is 11.9 Å². The molecule has 1 aliphatic rings. The lowest BCUT2D eigenvalue weighted by atomic mass is 10.1. The number of ether oxygens (including phenoxy) is 1. The van der Waals surface area contributed by atoms with Gasteiger partial charge in [-0.2, -0.15) is 13.2 Å². The minimum Gasteiger partial charge on any atom is -0.490 e. The number of likely N-dealkylation sites (tertiary alicyclic amines) is 1. The molecule has 1 saturated heterocycles. The van der Waals surface area contributed by atoms with E-state index >= 15 is 0 Å². The first kappa shape index (κ1) is 25.1. The Kier molecular flexibility index (Phi) is 8.04. The number of piperidine rings is 1. The Bertz CT molecular complexity index is 1040. The molecule has 1 atom stereocenters. The maximum absolute atomic E-state index is 13.1. The molecule has 1 unspecified atom stereocenters. The van der Waals surface area contributed by atoms with Crippen LogP contribution in [0.1, 0.15) is 34.3 Å². The predicted octanol–water partition coefficient (Wildman–Crippen LogP) is 2.99. The van der Waals surface area contributed by atoms with E-state index in [1.165, 1.54) is 0 Å². The fourth-order valence-corrected chi connectivity index (χ4v) is 3.92. The Morgan fingerprint density at radius 2 is 2.03 bits per heavy atom. The van der Waals surface area contributed by atoms with Crippen molar-refractivity contribution >= 4 is 17.5 Å². The van der Waals surface area contributed by atoms with E-state index < -0.39 is 34.9 Å². The molecular weight excluding hydrogens is 463 g/mol. The summed E-state index contributed by atoms with van der Waals surface area (Å²) in [6.45, 7) is 3.28. The number of rotatable bonds is 7. The molecular formula is C22H25ClF3N3O4. The Morgan fingerprint density at radius 3 is 2.67 bits per heavy atom. The van der Waals surface area contributed by atoms with Crippen LogP contribution in [0.4, 0.5) is 13.2 Å². The number of aromatic nitrogens is 1. The second-order valence-electron chi connectivity index (χ2n) is 8.01. The number of hydrogen-bond donors (Lipinski definition) is 3. The van der Waals surface area contributed by atoms with Crippen LogP contribution in [-0.4, -0.2) is 59.3 Å². The Labute approximate surface area is 193 Å². The van der Waals surface area contributed by atoms with Gasteiger partial charge in [0.2, 0.25) is 5.56 Å². The molecule has 1 amide bonds. The molecule has 1 aliphatic heterocycles. The molecule has 0 spiro atoms. The highest BCUT2D eigenvalue weighted by atomic mass is 35.5. The molecule has 0 aliphatic carbocycles. The number of aliphatic hydroxyl groups is 1. The number of nitrogens with one attached hydrogen (secondary N) is 2. The number of pyridine rings is 1. The summed E-state index contributed by atoms with van der Waals surface area (Å²) in [7, 11) is 0. The van der Waals surface area contributed by atoms with Crippen LogP contribution < -0.4 is 15.6 Å². The van der Waals surface area contributed by atoms with Crippen molar-refractivity contribution in [3.63, 3.8) is 0 Å². The Morgan fingerprint density at radius 1 is 1.33 bits per heavy atom. The third-order valence-corrected chi connectivity index (χ3v) is 5.64. The fraction of sp³-hybridized carbons (Fsp3) is 0.455. The van der Waals surface area contributed by atoms with Gasteiger partial charge >= 0.3 is 6.18 Å². The molecule has 3 N–H and O–H groups in total. The predicted molar refractivity (Wildman–Crippen MR) is 117 cm³/mol. The van der Waals surface area contributed by atoms with Crippen molar-refractivity contribution in [3.8, 4) is 5.75 Å². The zero-order valence-electron chi connectivity index (χ0n) is 17.9. The largest absolute Gasteiger partial charge is 0.490 e. The number of amides is 1. The van der Waals surface area contributed by atoms with Crippen LogP contribution >= 0.6 is 11.6 Å². The van der Waals surface area contributed by atoms with Crippen molar-refractivity contribution in [2.75, 3.05) is 26.2 Å². The highest BCUT2D eigenvalue weighted by molar-refractivity contribution is 6.30. The maximum Gasteiger partial charge on any atom is 0.417 e. The van der Waals surface area contributed by atoms with E-state index in [0.717, 1.165) is 30.4 Å². The molecule has 1 aromatic carbocycles. The van der Waals surface area contributed by atoms with Gasteiger partial charge in [-0.1, -0.05) is 11.6 Å². The van der Waals surface area contributed by atoms with Crippen molar-refractivity contribution < 1.29 is 27.8 Å². The average molecular weight is 488 g/mol. The van der Waals surface area contributed by atoms with Crippen LogP contribution in [0.25, 0.3) is 0 Å². The number of alkyl halides is 3. The number of carbonyl (C=O) groups excluding carboxylic acids is 1. The number of nitrogens with zero attached hydrogens (tertiary/aromatic N) is 1. The van der Waals surface area contributed by atoms with Gasteiger partial charge in [-0.05, 0) is 43.5 Å². The highest BCUT2D eigenvalue weighted by Crippen LogP contribution is 2.30. The fourth-order valence-electron chi connectivity index (χ4n) is 3.70. The molecule has 11 heteroatoms. The van der Waals surface area contributed by atoms with Gasteiger partial charge in [0.15, 0.2) is 0 Å². The third-order valence-electron chi connectivity index (χ3n) is 5.41. The summed E-state index contributed by atoms with van der Waals surface area (Å²) in [4.78, 5) is 27.5. The van der Waals surface area contributed by atoms with Gasteiger partial charge in [-0.3, -0.25) is 9.59 Å². The van der Waals surface area contributed by atoms with Gasteiger partial charge in [0, 0.05) is 43.5 Å². The van der Waals surface area contributed by atoms with Crippen LogP contribution in [0.3, 0.4) is 0 Å². The van der Waals surface area contributed by atoms with Crippen molar-refractivity contribution in [1.29, 1.82) is 0 Å². The zero-order chi connectivity index (χ0) is 24.2. The Balaban J connectivity index is 1.46. The molecule has 0 bridgehead atoms. The molecule has 180 valence electrons. The first-order chi connectivity index (χ1) is 15.5. The molecule has 3 rings (SSSR count). The van der Waals surface area contributed by atoms with Crippen LogP contribution in [0, 0.1) is 6.92 Å². The zero-order valence-corrected chi connectivity index (χ0v) is 18.7. The van der Waals surface area contributed by atoms with E-state index in [1.807, 2.05) is 24.0 Å². The van der Waals surface area contributed by atoms with Gasteiger partial charge in [0.05, 0.1) is 17.2 Å². The minimum atomic E-state index is -4.85. The molecule has 7 nitrogen and oxygen atoms in total. The number of aromatic amines is 1. The number of benzene rings is 1. The first-order valence-electron chi connectivity index (χ1n) is 10.4. The van der Waals surface area contributed by atoms with E-state index in [9.17, 15) is 27.9 Å². The second-order valence-corrected chi connectivity index (χ2v) is 8.45. The highest BCUT2D eigenvalue weighted by Gasteiger charge is 2.36. The smallest absolute Gasteiger partial charge is 0.417 e. The summed E-state index contributed by atoms with van der Waals surface area (Å²) in [6.07, 6.45) is -3.58. The monoisotopic (exact) mass is 487 g/mol. The molecule has 2 aromatic rings. The average Bonchev–Trinajstić information content (AvgIpc) is 2.74. The molecule has 1 fully saturated rings. The summed E-state index contributed by atoms with van der Waals surface area (Å²) < 4.78 is 45.3. The molecule has 1 aromatic heterocycles. The topological polar surface area (TPSA) is 94.7 Å². The number of β-amino-alcohol motifs (C(OH)–C–C–N with tert-alkyl or cyclic N) is 1. The number of halogens is 4. The van der Waals surface area contributed by atoms with Gasteiger partial charge < -0.3 is 25.0 Å². The minimum absolute atomic E-state index is 0.0268. The molecule has 0 radical (unpaired) electrons. The molecule has 2 heterocycles. The van der Waals surface area contributed by atoms with Crippen LogP contribution in [0.5, 0.6) is 5.75 Å². The summed E-state index contributed by atoms with van der Waals surface area (Å²) in [6, 6.07) is 5.78. The standard InChI is InChI=1S/C22H25ClF3N3O4/c1-13-8-14(23)2-3-19(13)33-16-4-6-29(7-5-16)12-15(30)10-28-21(32)17-11-27-20(31)9-18(17)22(24,25)26/h2-3,8-9,11,15-16,30H,4-7,10,12H2,1H3,(H,27,31)(H,28,32). The second kappa shape index (κ2) is 10.6. The maximum atomic E-state index is 13.1. The normalized spacial score (nSPS) is 16.4. The number of aliphatic hydroxyl groups excluding tert-OH is 1. The van der Waals surface area contributed by atoms with Crippen molar-refractivity contribution in [2.24, 2.45) is 0 Å². The van der Waals surface area contributed by atoms with E-state index in [2.05, 4.69) is 10.3 Å². The van der Waals surface area contributed by atoms with E-state index in [4.69, 9.17) is 16.3 Å². The van der Waals surface area contributed by atoms with Gasteiger partial charge in [0.25, 0.3) is 5.91 Å². The van der Waals surface area contributed by atoms with E-state index in [-0.39, 0.29) is 19.2 Å². The Hall–Kier alpha value is -2.56. The lowest BCUT2D eigenvalue weighted by Crippen LogP contribution is -2.45. The van der Waals surface area contributed by atoms with Crippen molar-refractivity contribution in [2.45, 2.75) is 38.1 Å². The number of hydrogen-bond acceptors (Lipinski definition) is 5. The van der Waals surface area contributed by atoms with Crippen LogP contribution in [-0.2, 0) is 6.18 Å². The van der Waals surface area contributed by atoms with E-state index in [1.54, 1.807) is 6.07 Å². The van der Waals surface area contributed by atoms with E-state index in [0.29, 0.717) is 24.2 Å². The summed E-state index contributed by atoms with van der Waals surface area (Å²) in [5, 5.41) is 13.2. The van der Waals surface area contributed by atoms with Gasteiger partial charge in [-0.15, -0.1) is 0 Å². The number of carbonyl (C=O) groups is 1. The lowest BCUT2D eigenvalue weighted by molar-refractivity contribution is -0.138. The summed E-state index contributed by atoms with van der Waals surface area (Å²) >= 11 is 5.96. The van der Waals surface area contributed by atoms with Crippen LogP contribution in [0.15, 0.2) is 35.3 Å². The number of H-pyrrole nitrogens is 1. The first-order valence-corrected chi connectivity index (χ1v) is 10.8. The SMILES string of the molecule is Cc1cc(Cl)ccc1OC1CCN(CC(O)CNC(=O)c2c[nH]c(=O)cc2C(F)(F)F)CC1. The van der Waals surface area contributed by atoms with Crippen LogP contribution in [0.2, 0.25) is 5.02 Å². The van der Waals surface area contributed by atoms with Gasteiger partial charge in [-0.25, -0.2) is 0 Å². The number of aryl methyl sites for hydroxylation is 1. The van der Waals surface area contributed by atoms with Crippen molar-refractivity contribution in [1.82, 2.24) is 15.2 Å².